The Morgan fingerprint density at radius 2 is 1.60 bits per heavy atom. The van der Waals surface area contributed by atoms with Crippen LogP contribution in [0.15, 0.2) is 12.2 Å². The number of esters is 3. The maximum absolute atomic E-state index is 11.8. The minimum atomic E-state index is -1.73. The van der Waals surface area contributed by atoms with Crippen molar-refractivity contribution in [3.05, 3.63) is 12.2 Å². The van der Waals surface area contributed by atoms with Gasteiger partial charge in [0.15, 0.2) is 6.10 Å². The SMILES string of the molecule is C=C(C[C@H](C(=O)OCC)[C@@H](O)C(=O)OCC)C(=O)OC. The zero-order valence-electron chi connectivity index (χ0n) is 11.9. The fraction of sp³-hybridized carbons (Fsp3) is 0.615. The Morgan fingerprint density at radius 3 is 2.05 bits per heavy atom. The number of carbonyl (C=O) groups is 3. The summed E-state index contributed by atoms with van der Waals surface area (Å²) in [7, 11) is 1.16. The largest absolute Gasteiger partial charge is 0.466 e. The highest BCUT2D eigenvalue weighted by atomic mass is 16.6. The van der Waals surface area contributed by atoms with Gasteiger partial charge in [-0.05, 0) is 20.3 Å². The first kappa shape index (κ1) is 18.1. The normalized spacial score (nSPS) is 13.0. The molecule has 0 radical (unpaired) electrons. The van der Waals surface area contributed by atoms with Gasteiger partial charge >= 0.3 is 17.9 Å². The minimum Gasteiger partial charge on any atom is -0.466 e. The molecule has 0 saturated carbocycles. The number of aliphatic hydroxyl groups excluding tert-OH is 1. The van der Waals surface area contributed by atoms with Gasteiger partial charge in [0.25, 0.3) is 0 Å². The molecule has 114 valence electrons. The van der Waals surface area contributed by atoms with E-state index in [4.69, 9.17) is 4.74 Å². The molecule has 0 aromatic heterocycles. The van der Waals surface area contributed by atoms with E-state index in [2.05, 4.69) is 16.1 Å². The minimum absolute atomic E-state index is 0.0473. The maximum Gasteiger partial charge on any atom is 0.335 e. The Hall–Kier alpha value is -1.89. The first-order valence-corrected chi connectivity index (χ1v) is 6.16. The standard InChI is InChI=1S/C13H20O7/c1-5-19-12(16)9(7-8(3)11(15)18-4)10(14)13(17)20-6-2/h9-10,14H,3,5-7H2,1-2,4H3/t9-,10+/m0/s1. The van der Waals surface area contributed by atoms with Gasteiger partial charge < -0.3 is 19.3 Å². The quantitative estimate of drug-likeness (QED) is 0.387. The van der Waals surface area contributed by atoms with Gasteiger partial charge in [0.1, 0.15) is 0 Å². The highest BCUT2D eigenvalue weighted by Crippen LogP contribution is 2.19. The van der Waals surface area contributed by atoms with Crippen LogP contribution in [0.4, 0.5) is 0 Å². The van der Waals surface area contributed by atoms with Crippen LogP contribution in [0.5, 0.6) is 0 Å². The van der Waals surface area contributed by atoms with Gasteiger partial charge in [-0.3, -0.25) is 4.79 Å². The number of aliphatic hydroxyl groups is 1. The molecule has 7 heteroatoms. The molecule has 0 bridgehead atoms. The van der Waals surface area contributed by atoms with Gasteiger partial charge in [0.2, 0.25) is 0 Å². The average molecular weight is 288 g/mol. The van der Waals surface area contributed by atoms with Crippen molar-refractivity contribution in [1.29, 1.82) is 0 Å². The number of ether oxygens (including phenoxy) is 3. The molecule has 7 nitrogen and oxygen atoms in total. The Bertz CT molecular complexity index is 375. The van der Waals surface area contributed by atoms with E-state index in [9.17, 15) is 19.5 Å². The van der Waals surface area contributed by atoms with Crippen molar-refractivity contribution in [3.63, 3.8) is 0 Å². The number of hydrogen-bond donors (Lipinski definition) is 1. The number of rotatable bonds is 8. The molecular formula is C13H20O7. The van der Waals surface area contributed by atoms with E-state index in [1.165, 1.54) is 0 Å². The van der Waals surface area contributed by atoms with E-state index in [0.717, 1.165) is 7.11 Å². The van der Waals surface area contributed by atoms with E-state index in [1.54, 1.807) is 13.8 Å². The molecular weight excluding hydrogens is 268 g/mol. The number of hydrogen-bond acceptors (Lipinski definition) is 7. The van der Waals surface area contributed by atoms with E-state index >= 15 is 0 Å². The van der Waals surface area contributed by atoms with Crippen molar-refractivity contribution < 1.29 is 33.7 Å². The van der Waals surface area contributed by atoms with Gasteiger partial charge in [0, 0.05) is 5.57 Å². The van der Waals surface area contributed by atoms with E-state index < -0.39 is 29.9 Å². The van der Waals surface area contributed by atoms with Gasteiger partial charge in [-0.2, -0.15) is 0 Å². The van der Waals surface area contributed by atoms with Gasteiger partial charge in [0.05, 0.1) is 26.2 Å². The summed E-state index contributed by atoms with van der Waals surface area (Å²) in [6.45, 7) is 6.74. The molecule has 0 fully saturated rings. The predicted octanol–water partition coefficient (Wildman–Crippen LogP) is 0.209. The third-order valence-corrected chi connectivity index (χ3v) is 2.44. The monoisotopic (exact) mass is 288 g/mol. The fourth-order valence-electron chi connectivity index (χ4n) is 1.46. The van der Waals surface area contributed by atoms with E-state index in [1.807, 2.05) is 0 Å². The lowest BCUT2D eigenvalue weighted by Gasteiger charge is -2.20. The van der Waals surface area contributed by atoms with Crippen LogP contribution in [0.1, 0.15) is 20.3 Å². The summed E-state index contributed by atoms with van der Waals surface area (Å²) in [5, 5.41) is 9.84. The van der Waals surface area contributed by atoms with Crippen LogP contribution in [0.25, 0.3) is 0 Å². The smallest absolute Gasteiger partial charge is 0.335 e. The third-order valence-electron chi connectivity index (χ3n) is 2.44. The maximum atomic E-state index is 11.8. The molecule has 2 atom stereocenters. The molecule has 0 aliphatic rings. The Labute approximate surface area is 117 Å². The van der Waals surface area contributed by atoms with Crippen molar-refractivity contribution in [2.45, 2.75) is 26.4 Å². The first-order chi connectivity index (χ1) is 9.38. The van der Waals surface area contributed by atoms with Crippen LogP contribution in [0.2, 0.25) is 0 Å². The number of carbonyl (C=O) groups excluding carboxylic acids is 3. The molecule has 0 spiro atoms. The molecule has 0 saturated heterocycles. The Balaban J connectivity index is 4.98. The lowest BCUT2D eigenvalue weighted by molar-refractivity contribution is -0.166. The van der Waals surface area contributed by atoms with E-state index in [0.29, 0.717) is 0 Å². The van der Waals surface area contributed by atoms with Gasteiger partial charge in [-0.25, -0.2) is 9.59 Å². The van der Waals surface area contributed by atoms with Crippen molar-refractivity contribution in [1.82, 2.24) is 0 Å². The Kier molecular flexibility index (Phi) is 8.23. The van der Waals surface area contributed by atoms with Crippen molar-refractivity contribution in [2.75, 3.05) is 20.3 Å². The topological polar surface area (TPSA) is 99.1 Å². The van der Waals surface area contributed by atoms with E-state index in [-0.39, 0.29) is 25.2 Å². The second-order valence-electron chi connectivity index (χ2n) is 3.85. The highest BCUT2D eigenvalue weighted by Gasteiger charge is 2.35. The molecule has 0 aliphatic heterocycles. The van der Waals surface area contributed by atoms with Crippen LogP contribution in [-0.2, 0) is 28.6 Å². The van der Waals surface area contributed by atoms with Crippen molar-refractivity contribution in [3.8, 4) is 0 Å². The fourth-order valence-corrected chi connectivity index (χ4v) is 1.46. The van der Waals surface area contributed by atoms with Crippen LogP contribution in [0.3, 0.4) is 0 Å². The van der Waals surface area contributed by atoms with Gasteiger partial charge in [-0.15, -0.1) is 0 Å². The predicted molar refractivity (Wildman–Crippen MR) is 68.5 cm³/mol. The Morgan fingerprint density at radius 1 is 1.10 bits per heavy atom. The second-order valence-corrected chi connectivity index (χ2v) is 3.85. The summed E-state index contributed by atoms with van der Waals surface area (Å²) in [5.41, 5.74) is -0.0473. The summed E-state index contributed by atoms with van der Waals surface area (Å²) in [4.78, 5) is 34.5. The van der Waals surface area contributed by atoms with Gasteiger partial charge in [-0.1, -0.05) is 6.58 Å². The highest BCUT2D eigenvalue weighted by molar-refractivity contribution is 5.90. The molecule has 0 rings (SSSR count). The van der Waals surface area contributed by atoms with Crippen LogP contribution in [0, 0.1) is 5.92 Å². The summed E-state index contributed by atoms with van der Waals surface area (Å²) >= 11 is 0. The number of methoxy groups -OCH3 is 1. The van der Waals surface area contributed by atoms with Crippen LogP contribution >= 0.6 is 0 Å². The summed E-state index contributed by atoms with van der Waals surface area (Å²) in [5.74, 6) is -3.75. The summed E-state index contributed by atoms with van der Waals surface area (Å²) < 4.78 is 13.9. The molecule has 0 heterocycles. The molecule has 0 amide bonds. The van der Waals surface area contributed by atoms with Crippen molar-refractivity contribution in [2.24, 2.45) is 5.92 Å². The lowest BCUT2D eigenvalue weighted by Crippen LogP contribution is -2.38. The molecule has 0 aromatic carbocycles. The zero-order chi connectivity index (χ0) is 15.7. The molecule has 0 aliphatic carbocycles. The van der Waals surface area contributed by atoms with Crippen molar-refractivity contribution >= 4 is 17.9 Å². The second kappa shape index (κ2) is 9.08. The zero-order valence-corrected chi connectivity index (χ0v) is 11.9. The summed E-state index contributed by atoms with van der Waals surface area (Å²) in [6, 6.07) is 0. The molecule has 1 N–H and O–H groups in total. The lowest BCUT2D eigenvalue weighted by atomic mass is 9.94. The van der Waals surface area contributed by atoms with Crippen LogP contribution in [-0.4, -0.2) is 49.4 Å². The molecule has 0 unspecified atom stereocenters. The molecule has 0 aromatic rings. The average Bonchev–Trinajstić information content (AvgIpc) is 2.43. The molecule has 20 heavy (non-hydrogen) atoms. The van der Waals surface area contributed by atoms with Crippen LogP contribution < -0.4 is 0 Å². The third kappa shape index (κ3) is 5.40. The summed E-state index contributed by atoms with van der Waals surface area (Å²) in [6.07, 6.45) is -1.98. The first-order valence-electron chi connectivity index (χ1n) is 6.16.